The fraction of sp³-hybridized carbons (Fsp3) is 0.0645. The van der Waals surface area contributed by atoms with Crippen LogP contribution in [0, 0.1) is 0 Å². The molecule has 0 radical (unpaired) electrons. The van der Waals surface area contributed by atoms with Gasteiger partial charge in [0.15, 0.2) is 0 Å². The number of nitrogens with zero attached hydrogens (tertiary/aromatic N) is 4. The first-order valence-electron chi connectivity index (χ1n) is 12.2. The van der Waals surface area contributed by atoms with Crippen LogP contribution in [-0.2, 0) is 0 Å². The third kappa shape index (κ3) is 2.54. The Labute approximate surface area is 201 Å². The monoisotopic (exact) mass is 450 g/mol. The minimum absolute atomic E-state index is 0.963. The summed E-state index contributed by atoms with van der Waals surface area (Å²) < 4.78 is 7.01. The first kappa shape index (κ1) is 18.8. The molecule has 7 aromatic rings. The van der Waals surface area contributed by atoms with Gasteiger partial charge >= 0.3 is 0 Å². The van der Waals surface area contributed by atoms with Crippen LogP contribution in [0.4, 0.5) is 0 Å². The number of imidazole rings is 2. The molecule has 0 unspecified atom stereocenters. The van der Waals surface area contributed by atoms with E-state index in [1.165, 1.54) is 32.5 Å². The molecule has 166 valence electrons. The molecule has 0 saturated carbocycles. The van der Waals surface area contributed by atoms with Gasteiger partial charge in [-0.2, -0.15) is 0 Å². The lowest BCUT2D eigenvalue weighted by Gasteiger charge is -2.11. The molecule has 0 amide bonds. The Morgan fingerprint density at radius 1 is 0.543 bits per heavy atom. The van der Waals surface area contributed by atoms with Gasteiger partial charge in [0.2, 0.25) is 5.78 Å². The van der Waals surface area contributed by atoms with Crippen LogP contribution in [-0.4, -0.2) is 18.5 Å². The quantitative estimate of drug-likeness (QED) is 0.330. The molecular formula is C31H22N4. The van der Waals surface area contributed by atoms with Crippen LogP contribution < -0.4 is 10.7 Å². The maximum atomic E-state index is 5.07. The van der Waals surface area contributed by atoms with Gasteiger partial charge in [-0.25, -0.2) is 4.98 Å². The van der Waals surface area contributed by atoms with Crippen molar-refractivity contribution in [3.8, 4) is 11.4 Å². The van der Waals surface area contributed by atoms with Crippen molar-refractivity contribution in [3.63, 3.8) is 0 Å². The van der Waals surface area contributed by atoms with Gasteiger partial charge in [-0.05, 0) is 55.3 Å². The molecule has 0 saturated heterocycles. The van der Waals surface area contributed by atoms with Crippen molar-refractivity contribution in [3.05, 3.63) is 108 Å². The zero-order chi connectivity index (χ0) is 22.9. The largest absolute Gasteiger partial charge is 0.309 e. The van der Waals surface area contributed by atoms with Crippen LogP contribution in [0.1, 0.15) is 12.8 Å². The van der Waals surface area contributed by atoms with E-state index in [9.17, 15) is 0 Å². The van der Waals surface area contributed by atoms with E-state index in [4.69, 9.17) is 4.98 Å². The smallest absolute Gasteiger partial charge is 0.220 e. The molecule has 0 spiro atoms. The number of rotatable bonds is 2. The molecule has 0 atom stereocenters. The Balaban J connectivity index is 1.46. The van der Waals surface area contributed by atoms with E-state index in [2.05, 4.69) is 123 Å². The fourth-order valence-electron chi connectivity index (χ4n) is 5.80. The molecule has 1 aliphatic rings. The first-order chi connectivity index (χ1) is 17.4. The van der Waals surface area contributed by atoms with Gasteiger partial charge in [0.05, 0.1) is 38.5 Å². The lowest BCUT2D eigenvalue weighted by Crippen LogP contribution is -2.32. The van der Waals surface area contributed by atoms with Gasteiger partial charge < -0.3 is 4.57 Å². The maximum Gasteiger partial charge on any atom is 0.220 e. The lowest BCUT2D eigenvalue weighted by atomic mass is 10.2. The van der Waals surface area contributed by atoms with Crippen LogP contribution in [0.5, 0.6) is 0 Å². The second kappa shape index (κ2) is 6.97. The summed E-state index contributed by atoms with van der Waals surface area (Å²) in [5.74, 6) is 0.963. The summed E-state index contributed by atoms with van der Waals surface area (Å²) in [7, 11) is 0. The summed E-state index contributed by atoms with van der Waals surface area (Å²) in [5.41, 5.74) is 6.89. The second-order valence-corrected chi connectivity index (χ2v) is 9.22. The van der Waals surface area contributed by atoms with Crippen LogP contribution in [0.25, 0.3) is 62.1 Å². The molecular weight excluding hydrogens is 428 g/mol. The van der Waals surface area contributed by atoms with Crippen LogP contribution in [0.2, 0.25) is 0 Å². The van der Waals surface area contributed by atoms with Gasteiger partial charge in [-0.3, -0.25) is 8.97 Å². The van der Waals surface area contributed by atoms with Gasteiger partial charge in [0.1, 0.15) is 0 Å². The normalized spacial score (nSPS) is 13.4. The van der Waals surface area contributed by atoms with Crippen molar-refractivity contribution < 1.29 is 0 Å². The summed E-state index contributed by atoms with van der Waals surface area (Å²) in [4.78, 5) is 5.07. The standard InChI is InChI=1S/C31H22N4/c1-4-15-26-23(12-1)24-13-2-5-16-27(24)33(26)21-10-9-11-22(20-21)34-29-18-7-8-19-30(29)35-28-17-6-3-14-25(28)32-31(34)35/h1-6,9-20H,7-8H2. The Morgan fingerprint density at radius 3 is 1.89 bits per heavy atom. The number of benzene rings is 4. The summed E-state index contributed by atoms with van der Waals surface area (Å²) in [6.07, 6.45) is 6.81. The van der Waals surface area contributed by atoms with E-state index in [0.29, 0.717) is 0 Å². The van der Waals surface area contributed by atoms with Crippen molar-refractivity contribution in [2.45, 2.75) is 12.8 Å². The fourth-order valence-corrected chi connectivity index (χ4v) is 5.80. The lowest BCUT2D eigenvalue weighted by molar-refractivity contribution is 1.01. The molecule has 0 aliphatic heterocycles. The van der Waals surface area contributed by atoms with Gasteiger partial charge in [-0.15, -0.1) is 0 Å². The average Bonchev–Trinajstić information content (AvgIpc) is 3.55. The highest BCUT2D eigenvalue weighted by Gasteiger charge is 2.17. The molecule has 35 heavy (non-hydrogen) atoms. The molecule has 1 aliphatic carbocycles. The Morgan fingerprint density at radius 2 is 1.14 bits per heavy atom. The van der Waals surface area contributed by atoms with Crippen molar-refractivity contribution in [1.82, 2.24) is 18.5 Å². The average molecular weight is 451 g/mol. The van der Waals surface area contributed by atoms with Crippen LogP contribution in [0.15, 0.2) is 97.1 Å². The van der Waals surface area contributed by atoms with E-state index in [1.54, 1.807) is 0 Å². The van der Waals surface area contributed by atoms with Gasteiger partial charge in [-0.1, -0.05) is 66.7 Å². The third-order valence-electron chi connectivity index (χ3n) is 7.26. The molecule has 3 aromatic heterocycles. The molecule has 4 heteroatoms. The molecule has 0 bridgehead atoms. The van der Waals surface area contributed by atoms with E-state index in [1.807, 2.05) is 0 Å². The summed E-state index contributed by atoms with van der Waals surface area (Å²) in [6, 6.07) is 34.6. The highest BCUT2D eigenvalue weighted by Crippen LogP contribution is 2.32. The zero-order valence-electron chi connectivity index (χ0n) is 19.1. The third-order valence-corrected chi connectivity index (χ3v) is 7.26. The van der Waals surface area contributed by atoms with E-state index in [0.717, 1.165) is 41.0 Å². The van der Waals surface area contributed by atoms with Crippen LogP contribution >= 0.6 is 0 Å². The van der Waals surface area contributed by atoms with E-state index in [-0.39, 0.29) is 0 Å². The second-order valence-electron chi connectivity index (χ2n) is 9.22. The summed E-state index contributed by atoms with van der Waals surface area (Å²) >= 11 is 0. The SMILES string of the molecule is C1=c2c(n3c4ccccc4nc3n2-c2cccc(-n3c4ccccc4c4ccccc43)c2)=CCC1. The summed E-state index contributed by atoms with van der Waals surface area (Å²) in [6.45, 7) is 0. The highest BCUT2D eigenvalue weighted by molar-refractivity contribution is 6.09. The predicted octanol–water partition coefficient (Wildman–Crippen LogP) is 5.73. The molecule has 4 aromatic carbocycles. The maximum absolute atomic E-state index is 5.07. The van der Waals surface area contributed by atoms with Crippen molar-refractivity contribution in [1.29, 1.82) is 0 Å². The molecule has 8 rings (SSSR count). The highest BCUT2D eigenvalue weighted by atomic mass is 15.2. The van der Waals surface area contributed by atoms with Crippen molar-refractivity contribution in [2.24, 2.45) is 0 Å². The number of para-hydroxylation sites is 4. The van der Waals surface area contributed by atoms with Crippen molar-refractivity contribution in [2.75, 3.05) is 0 Å². The topological polar surface area (TPSA) is 27.2 Å². The van der Waals surface area contributed by atoms with Crippen molar-refractivity contribution >= 4 is 50.8 Å². The predicted molar refractivity (Wildman–Crippen MR) is 144 cm³/mol. The molecule has 3 heterocycles. The number of hydrogen-bond acceptors (Lipinski definition) is 1. The van der Waals surface area contributed by atoms with E-state index >= 15 is 0 Å². The van der Waals surface area contributed by atoms with Gasteiger partial charge in [0, 0.05) is 16.5 Å². The first-order valence-corrected chi connectivity index (χ1v) is 12.2. The molecule has 0 fully saturated rings. The van der Waals surface area contributed by atoms with Crippen LogP contribution in [0.3, 0.4) is 0 Å². The minimum Gasteiger partial charge on any atom is -0.309 e. The molecule has 0 N–H and O–H groups in total. The minimum atomic E-state index is 0.963. The Bertz CT molecular complexity index is 2010. The number of aromatic nitrogens is 4. The zero-order valence-corrected chi connectivity index (χ0v) is 19.1. The summed E-state index contributed by atoms with van der Waals surface area (Å²) in [5, 5.41) is 5.01. The van der Waals surface area contributed by atoms with E-state index < -0.39 is 0 Å². The Kier molecular flexibility index (Phi) is 3.74. The molecule has 4 nitrogen and oxygen atoms in total. The Hall–Kier alpha value is -4.57. The van der Waals surface area contributed by atoms with Gasteiger partial charge in [0.25, 0.3) is 0 Å². The number of fused-ring (bicyclic) bond motifs is 8. The number of hydrogen-bond donors (Lipinski definition) is 0.